The standard InChI is InChI=1S/C22H19FN2O3S/c23-16-6-8-17(9-7-16)25-22(27)15-29-20-12-10-18(11-13-20)24-21(26)14-28-19-4-2-1-3-5-19/h1-13H,14-15H2,(H,24,26)(H,25,27). The number of thioether (sulfide) groups is 1. The minimum absolute atomic E-state index is 0.0793. The maximum Gasteiger partial charge on any atom is 0.262 e. The molecule has 0 unspecified atom stereocenters. The second-order valence-electron chi connectivity index (χ2n) is 6.02. The first-order valence-electron chi connectivity index (χ1n) is 8.84. The lowest BCUT2D eigenvalue weighted by atomic mass is 10.3. The van der Waals surface area contributed by atoms with E-state index in [2.05, 4.69) is 10.6 Å². The molecule has 7 heteroatoms. The molecule has 3 rings (SSSR count). The van der Waals surface area contributed by atoms with Gasteiger partial charge in [0.05, 0.1) is 5.75 Å². The number of carbonyl (C=O) groups excluding carboxylic acids is 2. The highest BCUT2D eigenvalue weighted by Gasteiger charge is 2.06. The smallest absolute Gasteiger partial charge is 0.262 e. The molecular weight excluding hydrogens is 391 g/mol. The van der Waals surface area contributed by atoms with E-state index in [0.29, 0.717) is 17.1 Å². The van der Waals surface area contributed by atoms with Crippen LogP contribution in [0.4, 0.5) is 15.8 Å². The maximum atomic E-state index is 12.9. The minimum Gasteiger partial charge on any atom is -0.484 e. The molecule has 0 bridgehead atoms. The van der Waals surface area contributed by atoms with Gasteiger partial charge in [0, 0.05) is 16.3 Å². The van der Waals surface area contributed by atoms with Gasteiger partial charge < -0.3 is 15.4 Å². The van der Waals surface area contributed by atoms with Crippen molar-refractivity contribution in [3.05, 3.63) is 84.7 Å². The fourth-order valence-electron chi connectivity index (χ4n) is 2.38. The Hall–Kier alpha value is -3.32. The normalized spacial score (nSPS) is 10.2. The second-order valence-corrected chi connectivity index (χ2v) is 7.07. The van der Waals surface area contributed by atoms with Crippen LogP contribution in [0.3, 0.4) is 0 Å². The van der Waals surface area contributed by atoms with Crippen LogP contribution in [0.15, 0.2) is 83.8 Å². The number of halogens is 1. The van der Waals surface area contributed by atoms with E-state index in [-0.39, 0.29) is 30.0 Å². The highest BCUT2D eigenvalue weighted by atomic mass is 32.2. The Morgan fingerprint density at radius 2 is 1.38 bits per heavy atom. The summed E-state index contributed by atoms with van der Waals surface area (Å²) in [7, 11) is 0. The van der Waals surface area contributed by atoms with Crippen LogP contribution in [-0.4, -0.2) is 24.2 Å². The Morgan fingerprint density at radius 3 is 2.03 bits per heavy atom. The third kappa shape index (κ3) is 6.97. The number of benzene rings is 3. The number of rotatable bonds is 8. The quantitative estimate of drug-likeness (QED) is 0.534. The van der Waals surface area contributed by atoms with E-state index < -0.39 is 0 Å². The lowest BCUT2D eigenvalue weighted by Gasteiger charge is -2.08. The lowest BCUT2D eigenvalue weighted by molar-refractivity contribution is -0.118. The van der Waals surface area contributed by atoms with E-state index in [9.17, 15) is 14.0 Å². The van der Waals surface area contributed by atoms with E-state index >= 15 is 0 Å². The number of para-hydroxylation sites is 1. The Balaban J connectivity index is 1.41. The molecule has 0 radical (unpaired) electrons. The molecule has 5 nitrogen and oxygen atoms in total. The van der Waals surface area contributed by atoms with Gasteiger partial charge in [0.2, 0.25) is 5.91 Å². The molecule has 29 heavy (non-hydrogen) atoms. The summed E-state index contributed by atoms with van der Waals surface area (Å²) in [6.45, 7) is -0.0793. The van der Waals surface area contributed by atoms with Gasteiger partial charge in [-0.3, -0.25) is 9.59 Å². The number of carbonyl (C=O) groups is 2. The van der Waals surface area contributed by atoms with Crippen molar-refractivity contribution < 1.29 is 18.7 Å². The van der Waals surface area contributed by atoms with Crippen molar-refractivity contribution in [2.45, 2.75) is 4.90 Å². The number of ether oxygens (including phenoxy) is 1. The Morgan fingerprint density at radius 1 is 0.793 bits per heavy atom. The number of hydrogen-bond acceptors (Lipinski definition) is 4. The molecule has 0 fully saturated rings. The molecule has 3 aromatic rings. The van der Waals surface area contributed by atoms with E-state index in [4.69, 9.17) is 4.74 Å². The number of nitrogens with one attached hydrogen (secondary N) is 2. The zero-order chi connectivity index (χ0) is 20.5. The SMILES string of the molecule is O=C(COc1ccccc1)Nc1ccc(SCC(=O)Nc2ccc(F)cc2)cc1. The fourth-order valence-corrected chi connectivity index (χ4v) is 3.07. The summed E-state index contributed by atoms with van der Waals surface area (Å²) in [6.07, 6.45) is 0. The van der Waals surface area contributed by atoms with Crippen LogP contribution in [-0.2, 0) is 9.59 Å². The molecule has 3 aromatic carbocycles. The van der Waals surface area contributed by atoms with E-state index in [1.165, 1.54) is 36.0 Å². The predicted octanol–water partition coefficient (Wildman–Crippen LogP) is 4.57. The van der Waals surface area contributed by atoms with Crippen molar-refractivity contribution >= 4 is 35.0 Å². The van der Waals surface area contributed by atoms with Gasteiger partial charge in [-0.1, -0.05) is 18.2 Å². The molecule has 0 saturated heterocycles. The summed E-state index contributed by atoms with van der Waals surface area (Å²) >= 11 is 1.36. The Bertz CT molecular complexity index is 948. The van der Waals surface area contributed by atoms with Crippen LogP contribution < -0.4 is 15.4 Å². The zero-order valence-corrected chi connectivity index (χ0v) is 16.2. The first-order chi connectivity index (χ1) is 14.1. The molecule has 0 aliphatic heterocycles. The molecular formula is C22H19FN2O3S. The molecule has 0 spiro atoms. The van der Waals surface area contributed by atoms with Crippen LogP contribution in [0, 0.1) is 5.82 Å². The first-order valence-corrected chi connectivity index (χ1v) is 9.83. The van der Waals surface area contributed by atoms with Crippen LogP contribution in [0.2, 0.25) is 0 Å². The Kier molecular flexibility index (Phi) is 7.24. The van der Waals surface area contributed by atoms with Gasteiger partial charge in [-0.2, -0.15) is 0 Å². The average molecular weight is 410 g/mol. The minimum atomic E-state index is -0.351. The van der Waals surface area contributed by atoms with Crippen molar-refractivity contribution in [1.82, 2.24) is 0 Å². The van der Waals surface area contributed by atoms with Crippen molar-refractivity contribution in [3.63, 3.8) is 0 Å². The molecule has 0 saturated carbocycles. The number of amides is 2. The van der Waals surface area contributed by atoms with Gasteiger partial charge in [0.25, 0.3) is 5.91 Å². The van der Waals surface area contributed by atoms with Crippen molar-refractivity contribution in [1.29, 1.82) is 0 Å². The summed E-state index contributed by atoms with van der Waals surface area (Å²) in [6, 6.07) is 21.9. The van der Waals surface area contributed by atoms with Crippen molar-refractivity contribution in [2.24, 2.45) is 0 Å². The van der Waals surface area contributed by atoms with Gasteiger partial charge in [0.1, 0.15) is 11.6 Å². The van der Waals surface area contributed by atoms with Crippen LogP contribution in [0.1, 0.15) is 0 Å². The average Bonchev–Trinajstić information content (AvgIpc) is 2.74. The first kappa shape index (κ1) is 20.4. The van der Waals surface area contributed by atoms with E-state index in [0.717, 1.165) is 4.90 Å². The summed E-state index contributed by atoms with van der Waals surface area (Å²) in [5.41, 5.74) is 1.19. The summed E-state index contributed by atoms with van der Waals surface area (Å²) in [4.78, 5) is 24.8. The van der Waals surface area contributed by atoms with Gasteiger partial charge in [-0.25, -0.2) is 4.39 Å². The lowest BCUT2D eigenvalue weighted by Crippen LogP contribution is -2.20. The molecule has 0 atom stereocenters. The second kappa shape index (κ2) is 10.3. The summed E-state index contributed by atoms with van der Waals surface area (Å²) in [5, 5.41) is 5.47. The van der Waals surface area contributed by atoms with Gasteiger partial charge >= 0.3 is 0 Å². The highest BCUT2D eigenvalue weighted by Crippen LogP contribution is 2.21. The molecule has 2 amide bonds. The van der Waals surface area contributed by atoms with E-state index in [1.54, 1.807) is 24.3 Å². The fraction of sp³-hybridized carbons (Fsp3) is 0.0909. The molecule has 148 valence electrons. The molecule has 2 N–H and O–H groups in total. The monoisotopic (exact) mass is 410 g/mol. The van der Waals surface area contributed by atoms with Crippen molar-refractivity contribution in [2.75, 3.05) is 23.0 Å². The van der Waals surface area contributed by atoms with Crippen LogP contribution in [0.25, 0.3) is 0 Å². The van der Waals surface area contributed by atoms with Gasteiger partial charge in [-0.05, 0) is 60.7 Å². The van der Waals surface area contributed by atoms with E-state index in [1.807, 2.05) is 30.3 Å². The maximum absolute atomic E-state index is 12.9. The largest absolute Gasteiger partial charge is 0.484 e. The third-order valence-corrected chi connectivity index (χ3v) is 4.76. The highest BCUT2D eigenvalue weighted by molar-refractivity contribution is 8.00. The van der Waals surface area contributed by atoms with Crippen LogP contribution in [0.5, 0.6) is 5.75 Å². The van der Waals surface area contributed by atoms with Gasteiger partial charge in [-0.15, -0.1) is 11.8 Å². The predicted molar refractivity (Wildman–Crippen MR) is 113 cm³/mol. The summed E-state index contributed by atoms with van der Waals surface area (Å²) < 4.78 is 18.3. The third-order valence-electron chi connectivity index (χ3n) is 3.75. The summed E-state index contributed by atoms with van der Waals surface area (Å²) in [5.74, 6) is 0.0584. The van der Waals surface area contributed by atoms with Gasteiger partial charge in [0.15, 0.2) is 6.61 Å². The molecule has 0 aliphatic carbocycles. The zero-order valence-electron chi connectivity index (χ0n) is 15.4. The number of anilines is 2. The topological polar surface area (TPSA) is 67.4 Å². The molecule has 0 heterocycles. The van der Waals surface area contributed by atoms with Crippen molar-refractivity contribution in [3.8, 4) is 5.75 Å². The Labute approximate surface area is 172 Å². The number of hydrogen-bond donors (Lipinski definition) is 2. The molecule has 0 aliphatic rings. The van der Waals surface area contributed by atoms with Crippen LogP contribution >= 0.6 is 11.8 Å². The molecule has 0 aromatic heterocycles.